The summed E-state index contributed by atoms with van der Waals surface area (Å²) in [5, 5.41) is 4.98. The molecule has 112 valence electrons. The number of benzene rings is 1. The number of rotatable bonds is 5. The van der Waals surface area contributed by atoms with E-state index in [-0.39, 0.29) is 29.2 Å². The van der Waals surface area contributed by atoms with Gasteiger partial charge in [-0.1, -0.05) is 18.5 Å². The van der Waals surface area contributed by atoms with Crippen molar-refractivity contribution in [3.63, 3.8) is 0 Å². The maximum absolute atomic E-state index is 12.7. The smallest absolute Gasteiger partial charge is 0.376 e. The molecule has 0 bridgehead atoms. The van der Waals surface area contributed by atoms with E-state index in [1.54, 1.807) is 0 Å². The van der Waals surface area contributed by atoms with E-state index in [2.05, 4.69) is 10.6 Å². The van der Waals surface area contributed by atoms with Crippen molar-refractivity contribution in [1.29, 1.82) is 0 Å². The molecular weight excluding hydrogens is 293 g/mol. The average molecular weight is 309 g/mol. The van der Waals surface area contributed by atoms with Gasteiger partial charge in [-0.05, 0) is 31.5 Å². The van der Waals surface area contributed by atoms with E-state index >= 15 is 0 Å². The number of carbonyl (C=O) groups excluding carboxylic acids is 1. The van der Waals surface area contributed by atoms with Gasteiger partial charge in [0.2, 0.25) is 5.91 Å². The van der Waals surface area contributed by atoms with Crippen LogP contribution in [-0.4, -0.2) is 18.5 Å². The van der Waals surface area contributed by atoms with Gasteiger partial charge >= 0.3 is 6.18 Å². The van der Waals surface area contributed by atoms with Crippen LogP contribution < -0.4 is 10.6 Å². The van der Waals surface area contributed by atoms with E-state index in [1.165, 1.54) is 6.07 Å². The van der Waals surface area contributed by atoms with Crippen LogP contribution >= 0.6 is 11.6 Å². The highest BCUT2D eigenvalue weighted by atomic mass is 35.5. The van der Waals surface area contributed by atoms with Crippen LogP contribution in [-0.2, 0) is 11.0 Å². The van der Waals surface area contributed by atoms with E-state index in [0.717, 1.165) is 18.6 Å². The molecule has 0 heterocycles. The summed E-state index contributed by atoms with van der Waals surface area (Å²) in [4.78, 5) is 11.5. The fraction of sp³-hybridized carbons (Fsp3) is 0.462. The van der Waals surface area contributed by atoms with Crippen LogP contribution in [0.4, 0.5) is 18.9 Å². The van der Waals surface area contributed by atoms with E-state index < -0.39 is 11.7 Å². The molecule has 1 unspecified atom stereocenters. The van der Waals surface area contributed by atoms with E-state index in [4.69, 9.17) is 11.6 Å². The fourth-order valence-corrected chi connectivity index (χ4v) is 1.69. The van der Waals surface area contributed by atoms with Crippen LogP contribution in [0.25, 0.3) is 0 Å². The zero-order valence-electron chi connectivity index (χ0n) is 11.1. The van der Waals surface area contributed by atoms with Gasteiger partial charge in [-0.2, -0.15) is 13.2 Å². The zero-order chi connectivity index (χ0) is 15.3. The predicted octanol–water partition coefficient (Wildman–Crippen LogP) is 3.69. The van der Waals surface area contributed by atoms with Gasteiger partial charge in [0, 0.05) is 11.7 Å². The summed E-state index contributed by atoms with van der Waals surface area (Å²) >= 11 is 5.50. The molecule has 1 atom stereocenters. The summed E-state index contributed by atoms with van der Waals surface area (Å²) < 4.78 is 38.0. The Morgan fingerprint density at radius 3 is 2.60 bits per heavy atom. The maximum atomic E-state index is 12.7. The Morgan fingerprint density at radius 2 is 2.05 bits per heavy atom. The van der Waals surface area contributed by atoms with Crippen LogP contribution in [0, 0.1) is 0 Å². The molecule has 0 saturated heterocycles. The molecule has 20 heavy (non-hydrogen) atoms. The summed E-state index contributed by atoms with van der Waals surface area (Å²) in [5.41, 5.74) is -0.729. The molecule has 1 rings (SSSR count). The third-order valence-electron chi connectivity index (χ3n) is 2.74. The molecule has 0 fully saturated rings. The molecule has 0 aromatic heterocycles. The molecule has 0 spiro atoms. The first-order valence-corrected chi connectivity index (χ1v) is 6.51. The van der Waals surface area contributed by atoms with Crippen molar-refractivity contribution in [1.82, 2.24) is 5.32 Å². The molecule has 1 aromatic carbocycles. The van der Waals surface area contributed by atoms with Gasteiger partial charge in [0.1, 0.15) is 0 Å². The third-order valence-corrected chi connectivity index (χ3v) is 3.07. The largest absolute Gasteiger partial charge is 0.417 e. The highest BCUT2D eigenvalue weighted by Gasteiger charge is 2.33. The zero-order valence-corrected chi connectivity index (χ0v) is 11.9. The summed E-state index contributed by atoms with van der Waals surface area (Å²) in [6.07, 6.45) is -3.74. The van der Waals surface area contributed by atoms with Crippen LogP contribution in [0.15, 0.2) is 18.2 Å². The Bertz CT molecular complexity index is 477. The predicted molar refractivity (Wildman–Crippen MR) is 72.8 cm³/mol. The number of carbonyl (C=O) groups is 1. The van der Waals surface area contributed by atoms with Gasteiger partial charge < -0.3 is 10.6 Å². The van der Waals surface area contributed by atoms with Crippen LogP contribution in [0.2, 0.25) is 5.02 Å². The van der Waals surface area contributed by atoms with Crippen molar-refractivity contribution in [3.05, 3.63) is 28.8 Å². The summed E-state index contributed by atoms with van der Waals surface area (Å²) in [7, 11) is 0. The van der Waals surface area contributed by atoms with Gasteiger partial charge in [0.25, 0.3) is 0 Å². The SMILES string of the molecule is CCC(C)NC(=O)CNc1ccc(Cl)c(C(F)(F)F)c1. The first kappa shape index (κ1) is 16.6. The van der Waals surface area contributed by atoms with Crippen molar-refractivity contribution in [2.24, 2.45) is 0 Å². The van der Waals surface area contributed by atoms with E-state index in [0.29, 0.717) is 0 Å². The molecule has 0 radical (unpaired) electrons. The number of anilines is 1. The normalized spacial score (nSPS) is 12.9. The second kappa shape index (κ2) is 6.83. The maximum Gasteiger partial charge on any atom is 0.417 e. The van der Waals surface area contributed by atoms with Crippen LogP contribution in [0.3, 0.4) is 0 Å². The van der Waals surface area contributed by atoms with Gasteiger partial charge in [-0.3, -0.25) is 4.79 Å². The summed E-state index contributed by atoms with van der Waals surface area (Å²) in [6, 6.07) is 3.46. The number of halogens is 4. The molecule has 7 heteroatoms. The lowest BCUT2D eigenvalue weighted by molar-refractivity contribution is -0.137. The number of amides is 1. The highest BCUT2D eigenvalue weighted by molar-refractivity contribution is 6.31. The quantitative estimate of drug-likeness (QED) is 0.871. The Balaban J connectivity index is 2.68. The first-order valence-electron chi connectivity index (χ1n) is 6.14. The highest BCUT2D eigenvalue weighted by Crippen LogP contribution is 2.36. The molecule has 3 nitrogen and oxygen atoms in total. The van der Waals surface area contributed by atoms with Crippen molar-refractivity contribution < 1.29 is 18.0 Å². The second-order valence-corrected chi connectivity index (χ2v) is 4.83. The second-order valence-electron chi connectivity index (χ2n) is 4.42. The minimum absolute atomic E-state index is 0.0280. The van der Waals surface area contributed by atoms with Gasteiger partial charge in [-0.15, -0.1) is 0 Å². The third kappa shape index (κ3) is 4.92. The minimum Gasteiger partial charge on any atom is -0.376 e. The lowest BCUT2D eigenvalue weighted by atomic mass is 10.2. The standard InChI is InChI=1S/C13H16ClF3N2O/c1-3-8(2)19-12(20)7-18-9-4-5-11(14)10(6-9)13(15,16)17/h4-6,8,18H,3,7H2,1-2H3,(H,19,20). The van der Waals surface area contributed by atoms with Gasteiger partial charge in [-0.25, -0.2) is 0 Å². The van der Waals surface area contributed by atoms with Gasteiger partial charge in [0.15, 0.2) is 0 Å². The number of nitrogens with one attached hydrogen (secondary N) is 2. The first-order chi connectivity index (χ1) is 9.24. The molecule has 1 aromatic rings. The van der Waals surface area contributed by atoms with Crippen LogP contribution in [0.5, 0.6) is 0 Å². The van der Waals surface area contributed by atoms with Crippen LogP contribution in [0.1, 0.15) is 25.8 Å². The Morgan fingerprint density at radius 1 is 1.40 bits per heavy atom. The molecule has 0 saturated carbocycles. The summed E-state index contributed by atoms with van der Waals surface area (Å²) in [5.74, 6) is -0.275. The number of hydrogen-bond acceptors (Lipinski definition) is 2. The number of alkyl halides is 3. The fourth-order valence-electron chi connectivity index (χ4n) is 1.46. The van der Waals surface area contributed by atoms with Crippen molar-refractivity contribution >= 4 is 23.2 Å². The molecule has 1 amide bonds. The molecule has 0 aliphatic rings. The van der Waals surface area contributed by atoms with Crippen molar-refractivity contribution in [3.8, 4) is 0 Å². The van der Waals surface area contributed by atoms with Crippen molar-refractivity contribution in [2.45, 2.75) is 32.5 Å². The topological polar surface area (TPSA) is 41.1 Å². The Kier molecular flexibility index (Phi) is 5.68. The van der Waals surface area contributed by atoms with E-state index in [1.807, 2.05) is 13.8 Å². The molecule has 0 aliphatic heterocycles. The molecular formula is C13H16ClF3N2O. The number of hydrogen-bond donors (Lipinski definition) is 2. The monoisotopic (exact) mass is 308 g/mol. The average Bonchev–Trinajstić information content (AvgIpc) is 2.36. The Hall–Kier alpha value is -1.43. The Labute approximate surface area is 120 Å². The molecule has 2 N–H and O–H groups in total. The summed E-state index contributed by atoms with van der Waals surface area (Å²) in [6.45, 7) is 3.68. The lowest BCUT2D eigenvalue weighted by Crippen LogP contribution is -2.36. The van der Waals surface area contributed by atoms with E-state index in [9.17, 15) is 18.0 Å². The lowest BCUT2D eigenvalue weighted by Gasteiger charge is -2.14. The van der Waals surface area contributed by atoms with Crippen molar-refractivity contribution in [2.75, 3.05) is 11.9 Å². The molecule has 0 aliphatic carbocycles. The van der Waals surface area contributed by atoms with Gasteiger partial charge in [0.05, 0.1) is 17.1 Å². The minimum atomic E-state index is -4.52.